The zero-order chi connectivity index (χ0) is 12.4. The molecule has 3 rings (SSSR count). The van der Waals surface area contributed by atoms with Crippen molar-refractivity contribution >= 4 is 11.4 Å². The molecule has 1 N–H and O–H groups in total. The Balaban J connectivity index is 1.67. The quantitative estimate of drug-likeness (QED) is 0.877. The number of carbonyl (C=O) groups excluding carboxylic acids is 1. The third-order valence-electron chi connectivity index (χ3n) is 3.26. The highest BCUT2D eigenvalue weighted by Crippen LogP contribution is 2.13. The molecule has 1 unspecified atom stereocenters. The number of carbonyl (C=O) groups is 1. The molecule has 3 heterocycles. The van der Waals surface area contributed by atoms with Crippen molar-refractivity contribution in [2.45, 2.75) is 13.0 Å². The van der Waals surface area contributed by atoms with Crippen LogP contribution in [-0.2, 0) is 16.1 Å². The fraction of sp³-hybridized carbons (Fsp3) is 0.385. The van der Waals surface area contributed by atoms with Crippen molar-refractivity contribution < 1.29 is 9.53 Å². The van der Waals surface area contributed by atoms with Gasteiger partial charge in [-0.3, -0.25) is 4.79 Å². The Kier molecular flexibility index (Phi) is 2.98. The first-order valence-electron chi connectivity index (χ1n) is 6.11. The summed E-state index contributed by atoms with van der Waals surface area (Å²) < 4.78 is 7.01. The third kappa shape index (κ3) is 2.09. The number of nitrogens with zero attached hydrogens (tertiary/aromatic N) is 2. The number of amides is 1. The van der Waals surface area contributed by atoms with Crippen molar-refractivity contribution in [2.75, 3.05) is 13.2 Å². The van der Waals surface area contributed by atoms with E-state index in [4.69, 9.17) is 4.74 Å². The van der Waals surface area contributed by atoms with Gasteiger partial charge in [-0.05, 0) is 18.6 Å². The maximum absolute atomic E-state index is 11.9. The molecule has 0 spiro atoms. The van der Waals surface area contributed by atoms with Crippen LogP contribution in [-0.4, -0.2) is 28.7 Å². The van der Waals surface area contributed by atoms with Crippen LogP contribution in [0.1, 0.15) is 12.0 Å². The van der Waals surface area contributed by atoms with E-state index in [0.29, 0.717) is 19.8 Å². The van der Waals surface area contributed by atoms with Crippen molar-refractivity contribution in [1.29, 1.82) is 0 Å². The van der Waals surface area contributed by atoms with E-state index in [-0.39, 0.29) is 11.8 Å². The molecule has 1 atom stereocenters. The number of pyridine rings is 1. The summed E-state index contributed by atoms with van der Waals surface area (Å²) in [4.78, 5) is 11.9. The van der Waals surface area contributed by atoms with E-state index in [1.54, 1.807) is 10.7 Å². The maximum atomic E-state index is 11.9. The Labute approximate surface area is 105 Å². The minimum absolute atomic E-state index is 0.00633. The Bertz CT molecular complexity index is 558. The lowest BCUT2D eigenvalue weighted by atomic mass is 10.1. The summed E-state index contributed by atoms with van der Waals surface area (Å²) in [6.07, 6.45) is 4.51. The Morgan fingerprint density at radius 2 is 2.50 bits per heavy atom. The standard InChI is InChI=1S/C13H15N3O2/c17-13(10-4-6-18-9-10)14-7-11-8-15-16-5-2-1-3-12(11)16/h1-3,5,8,10H,4,6-7,9H2,(H,14,17). The molecular weight excluding hydrogens is 230 g/mol. The Morgan fingerprint density at radius 3 is 3.33 bits per heavy atom. The number of hydrogen-bond donors (Lipinski definition) is 1. The molecule has 0 aromatic carbocycles. The lowest BCUT2D eigenvalue weighted by Crippen LogP contribution is -2.30. The van der Waals surface area contributed by atoms with Crippen LogP contribution in [0.2, 0.25) is 0 Å². The van der Waals surface area contributed by atoms with Crippen LogP contribution in [0.3, 0.4) is 0 Å². The van der Waals surface area contributed by atoms with Crippen molar-refractivity contribution in [1.82, 2.24) is 14.9 Å². The fourth-order valence-electron chi connectivity index (χ4n) is 2.19. The molecule has 2 aromatic rings. The number of fused-ring (bicyclic) bond motifs is 1. The molecule has 0 aliphatic carbocycles. The van der Waals surface area contributed by atoms with Crippen LogP contribution in [0.15, 0.2) is 30.6 Å². The van der Waals surface area contributed by atoms with Crippen LogP contribution >= 0.6 is 0 Å². The predicted molar refractivity (Wildman–Crippen MR) is 66.0 cm³/mol. The van der Waals surface area contributed by atoms with Crippen molar-refractivity contribution in [3.63, 3.8) is 0 Å². The number of ether oxygens (including phenoxy) is 1. The van der Waals surface area contributed by atoms with Gasteiger partial charge in [0, 0.05) is 24.9 Å². The number of hydrogen-bond acceptors (Lipinski definition) is 3. The second-order valence-corrected chi connectivity index (χ2v) is 4.48. The highest BCUT2D eigenvalue weighted by atomic mass is 16.5. The summed E-state index contributed by atoms with van der Waals surface area (Å²) in [5.74, 6) is 0.0784. The van der Waals surface area contributed by atoms with Gasteiger partial charge in [0.25, 0.3) is 0 Å². The van der Waals surface area contributed by atoms with Crippen molar-refractivity contribution in [3.05, 3.63) is 36.2 Å². The average molecular weight is 245 g/mol. The number of aromatic nitrogens is 2. The molecular formula is C13H15N3O2. The summed E-state index contributed by atoms with van der Waals surface area (Å²) in [6, 6.07) is 5.89. The molecule has 1 fully saturated rings. The summed E-state index contributed by atoms with van der Waals surface area (Å²) in [7, 11) is 0. The molecule has 1 amide bonds. The average Bonchev–Trinajstić information content (AvgIpc) is 3.06. The van der Waals surface area contributed by atoms with E-state index in [1.807, 2.05) is 24.4 Å². The van der Waals surface area contributed by atoms with Gasteiger partial charge in [0.05, 0.1) is 24.2 Å². The molecule has 5 nitrogen and oxygen atoms in total. The van der Waals surface area contributed by atoms with Crippen LogP contribution in [0.5, 0.6) is 0 Å². The SMILES string of the molecule is O=C(NCc1cnn2ccccc12)C1CCOC1. The monoisotopic (exact) mass is 245 g/mol. The topological polar surface area (TPSA) is 55.6 Å². The second kappa shape index (κ2) is 4.78. The van der Waals surface area contributed by atoms with E-state index < -0.39 is 0 Å². The lowest BCUT2D eigenvalue weighted by Gasteiger charge is -2.08. The van der Waals surface area contributed by atoms with Gasteiger partial charge in [-0.25, -0.2) is 4.52 Å². The maximum Gasteiger partial charge on any atom is 0.225 e. The molecule has 94 valence electrons. The van der Waals surface area contributed by atoms with Crippen LogP contribution < -0.4 is 5.32 Å². The molecule has 2 aromatic heterocycles. The number of nitrogens with one attached hydrogen (secondary N) is 1. The van der Waals surface area contributed by atoms with Gasteiger partial charge in [-0.15, -0.1) is 0 Å². The van der Waals surface area contributed by atoms with Gasteiger partial charge in [0.15, 0.2) is 0 Å². The summed E-state index contributed by atoms with van der Waals surface area (Å²) in [5, 5.41) is 7.18. The van der Waals surface area contributed by atoms with E-state index in [1.165, 1.54) is 0 Å². The van der Waals surface area contributed by atoms with E-state index in [0.717, 1.165) is 17.5 Å². The van der Waals surface area contributed by atoms with Gasteiger partial charge in [0.1, 0.15) is 0 Å². The highest BCUT2D eigenvalue weighted by Gasteiger charge is 2.23. The zero-order valence-electron chi connectivity index (χ0n) is 10.0. The van der Waals surface area contributed by atoms with E-state index in [2.05, 4.69) is 10.4 Å². The lowest BCUT2D eigenvalue weighted by molar-refractivity contribution is -0.125. The van der Waals surface area contributed by atoms with Crippen LogP contribution in [0.4, 0.5) is 0 Å². The number of rotatable bonds is 3. The van der Waals surface area contributed by atoms with E-state index in [9.17, 15) is 4.79 Å². The van der Waals surface area contributed by atoms with Crippen molar-refractivity contribution in [2.24, 2.45) is 5.92 Å². The van der Waals surface area contributed by atoms with Gasteiger partial charge in [-0.1, -0.05) is 6.07 Å². The third-order valence-corrected chi connectivity index (χ3v) is 3.26. The normalized spacial score (nSPS) is 19.2. The summed E-state index contributed by atoms with van der Waals surface area (Å²) >= 11 is 0. The summed E-state index contributed by atoms with van der Waals surface area (Å²) in [5.41, 5.74) is 2.06. The first-order valence-corrected chi connectivity index (χ1v) is 6.11. The van der Waals surface area contributed by atoms with Crippen LogP contribution in [0.25, 0.3) is 5.52 Å². The molecule has 1 aliphatic rings. The Hall–Kier alpha value is -1.88. The van der Waals surface area contributed by atoms with Gasteiger partial charge < -0.3 is 10.1 Å². The molecule has 5 heteroatoms. The highest BCUT2D eigenvalue weighted by molar-refractivity contribution is 5.79. The van der Waals surface area contributed by atoms with Gasteiger partial charge in [-0.2, -0.15) is 5.10 Å². The second-order valence-electron chi connectivity index (χ2n) is 4.48. The predicted octanol–water partition coefficient (Wildman–Crippen LogP) is 0.987. The molecule has 0 saturated carbocycles. The molecule has 0 bridgehead atoms. The van der Waals surface area contributed by atoms with Crippen LogP contribution in [0, 0.1) is 5.92 Å². The van der Waals surface area contributed by atoms with E-state index >= 15 is 0 Å². The zero-order valence-corrected chi connectivity index (χ0v) is 10.0. The molecule has 18 heavy (non-hydrogen) atoms. The van der Waals surface area contributed by atoms with Gasteiger partial charge >= 0.3 is 0 Å². The Morgan fingerprint density at radius 1 is 1.56 bits per heavy atom. The first-order chi connectivity index (χ1) is 8.84. The van der Waals surface area contributed by atoms with Gasteiger partial charge in [0.2, 0.25) is 5.91 Å². The first kappa shape index (κ1) is 11.2. The minimum atomic E-state index is 0.00633. The molecule has 0 radical (unpaired) electrons. The van der Waals surface area contributed by atoms with Crippen molar-refractivity contribution in [3.8, 4) is 0 Å². The molecule has 1 aliphatic heterocycles. The largest absolute Gasteiger partial charge is 0.381 e. The fourth-order valence-corrected chi connectivity index (χ4v) is 2.19. The minimum Gasteiger partial charge on any atom is -0.381 e. The smallest absolute Gasteiger partial charge is 0.225 e. The summed E-state index contributed by atoms with van der Waals surface area (Å²) in [6.45, 7) is 1.75. The molecule has 1 saturated heterocycles.